The quantitative estimate of drug-likeness (QED) is 0.663. The van der Waals surface area contributed by atoms with Crippen LogP contribution in [0.3, 0.4) is 0 Å². The minimum atomic E-state index is 0.0456. The predicted molar refractivity (Wildman–Crippen MR) is 88.2 cm³/mol. The second kappa shape index (κ2) is 4.43. The molecule has 0 spiro atoms. The SMILES string of the molecule is CC1(C)CC[C@@H]2c3ccc(O)c(O)c3C[C@]3(C)CCC[C@@H]1[C@H]23. The number of phenolic OH excluding ortho intramolecular Hbond substituents is 2. The number of aromatic hydroxyl groups is 2. The van der Waals surface area contributed by atoms with Gasteiger partial charge in [0.2, 0.25) is 0 Å². The van der Waals surface area contributed by atoms with Crippen LogP contribution in [0.15, 0.2) is 12.1 Å². The van der Waals surface area contributed by atoms with Crippen molar-refractivity contribution in [3.05, 3.63) is 23.3 Å². The molecule has 0 bridgehead atoms. The molecule has 1 aromatic rings. The van der Waals surface area contributed by atoms with Gasteiger partial charge in [0.25, 0.3) is 0 Å². The van der Waals surface area contributed by atoms with Gasteiger partial charge in [-0.25, -0.2) is 0 Å². The third-order valence-corrected chi connectivity index (χ3v) is 7.32. The van der Waals surface area contributed by atoms with E-state index in [1.54, 1.807) is 6.07 Å². The zero-order valence-corrected chi connectivity index (χ0v) is 14.0. The van der Waals surface area contributed by atoms with Crippen molar-refractivity contribution in [3.63, 3.8) is 0 Å². The van der Waals surface area contributed by atoms with Crippen LogP contribution in [0.4, 0.5) is 0 Å². The van der Waals surface area contributed by atoms with Gasteiger partial charge in [-0.2, -0.15) is 0 Å². The summed E-state index contributed by atoms with van der Waals surface area (Å²) < 4.78 is 0. The van der Waals surface area contributed by atoms with Gasteiger partial charge in [-0.3, -0.25) is 0 Å². The van der Waals surface area contributed by atoms with Crippen LogP contribution in [0.1, 0.15) is 69.9 Å². The fourth-order valence-electron chi connectivity index (χ4n) is 6.22. The summed E-state index contributed by atoms with van der Waals surface area (Å²) in [6.07, 6.45) is 7.36. The van der Waals surface area contributed by atoms with E-state index in [1.807, 2.05) is 0 Å². The van der Waals surface area contributed by atoms with Crippen LogP contribution < -0.4 is 0 Å². The Morgan fingerprint density at radius 2 is 1.82 bits per heavy atom. The lowest BCUT2D eigenvalue weighted by Gasteiger charge is -2.60. The summed E-state index contributed by atoms with van der Waals surface area (Å²) in [6.45, 7) is 7.36. The molecule has 0 amide bonds. The molecule has 0 unspecified atom stereocenters. The van der Waals surface area contributed by atoms with E-state index in [-0.39, 0.29) is 16.9 Å². The molecule has 2 saturated carbocycles. The third-order valence-electron chi connectivity index (χ3n) is 7.32. The lowest BCUT2D eigenvalue weighted by atomic mass is 9.44. The van der Waals surface area contributed by atoms with E-state index in [2.05, 4.69) is 26.8 Å². The average Bonchev–Trinajstić information content (AvgIpc) is 2.46. The first kappa shape index (κ1) is 14.4. The lowest BCUT2D eigenvalue weighted by Crippen LogP contribution is -2.52. The summed E-state index contributed by atoms with van der Waals surface area (Å²) in [5.41, 5.74) is 3.08. The number of fused-ring (bicyclic) bond motifs is 2. The molecule has 0 aliphatic heterocycles. The van der Waals surface area contributed by atoms with Gasteiger partial charge in [0.1, 0.15) is 0 Å². The van der Waals surface area contributed by atoms with Crippen LogP contribution in [0.25, 0.3) is 0 Å². The highest BCUT2D eigenvalue weighted by atomic mass is 16.3. The summed E-state index contributed by atoms with van der Waals surface area (Å²) in [5.74, 6) is 2.29. The van der Waals surface area contributed by atoms with Crippen molar-refractivity contribution in [2.75, 3.05) is 0 Å². The first-order valence-electron chi connectivity index (χ1n) is 8.87. The second-order valence-electron chi connectivity index (χ2n) is 8.99. The van der Waals surface area contributed by atoms with Gasteiger partial charge in [0.15, 0.2) is 11.5 Å². The Kier molecular flexibility index (Phi) is 2.90. The average molecular weight is 300 g/mol. The Balaban J connectivity index is 1.88. The minimum Gasteiger partial charge on any atom is -0.504 e. The molecule has 3 aliphatic carbocycles. The van der Waals surface area contributed by atoms with Gasteiger partial charge in [0, 0.05) is 5.56 Å². The van der Waals surface area contributed by atoms with Crippen LogP contribution in [-0.4, -0.2) is 10.2 Å². The van der Waals surface area contributed by atoms with Gasteiger partial charge in [0.05, 0.1) is 0 Å². The molecule has 2 heteroatoms. The largest absolute Gasteiger partial charge is 0.504 e. The van der Waals surface area contributed by atoms with E-state index in [1.165, 1.54) is 37.7 Å². The van der Waals surface area contributed by atoms with Crippen molar-refractivity contribution in [2.24, 2.45) is 22.7 Å². The van der Waals surface area contributed by atoms with Crippen molar-refractivity contribution in [2.45, 2.75) is 65.2 Å². The smallest absolute Gasteiger partial charge is 0.160 e. The van der Waals surface area contributed by atoms with Gasteiger partial charge in [-0.1, -0.05) is 33.3 Å². The summed E-state index contributed by atoms with van der Waals surface area (Å²) in [6, 6.07) is 3.77. The van der Waals surface area contributed by atoms with Crippen molar-refractivity contribution in [1.29, 1.82) is 0 Å². The molecule has 1 aromatic carbocycles. The highest BCUT2D eigenvalue weighted by molar-refractivity contribution is 5.52. The first-order valence-corrected chi connectivity index (χ1v) is 8.87. The van der Waals surface area contributed by atoms with E-state index < -0.39 is 0 Å². The maximum Gasteiger partial charge on any atom is 0.160 e. The molecule has 2 fully saturated rings. The maximum absolute atomic E-state index is 10.4. The van der Waals surface area contributed by atoms with Crippen molar-refractivity contribution in [3.8, 4) is 11.5 Å². The normalized spacial score (nSPS) is 39.0. The number of phenols is 2. The molecule has 0 saturated heterocycles. The Bertz CT molecular complexity index is 618. The number of hydrogen-bond acceptors (Lipinski definition) is 2. The van der Waals surface area contributed by atoms with Crippen LogP contribution in [-0.2, 0) is 6.42 Å². The van der Waals surface area contributed by atoms with Crippen LogP contribution >= 0.6 is 0 Å². The Hall–Kier alpha value is -1.18. The van der Waals surface area contributed by atoms with Crippen LogP contribution in [0.5, 0.6) is 11.5 Å². The van der Waals surface area contributed by atoms with Gasteiger partial charge < -0.3 is 10.2 Å². The zero-order valence-electron chi connectivity index (χ0n) is 14.0. The van der Waals surface area contributed by atoms with Crippen molar-refractivity contribution >= 4 is 0 Å². The standard InChI is InChI=1S/C20H28O2/c1-19(2)10-8-13-12-6-7-16(21)18(22)14(12)11-20(3)9-4-5-15(19)17(13)20/h6-7,13,15,17,21-22H,4-5,8-11H2,1-3H3/t13-,15-,17+,20+/m1/s1. The molecule has 120 valence electrons. The van der Waals surface area contributed by atoms with Crippen LogP contribution in [0, 0.1) is 22.7 Å². The molecule has 4 atom stereocenters. The monoisotopic (exact) mass is 300 g/mol. The van der Waals surface area contributed by atoms with Gasteiger partial charge >= 0.3 is 0 Å². The zero-order chi connectivity index (χ0) is 15.7. The molecular weight excluding hydrogens is 272 g/mol. The topological polar surface area (TPSA) is 40.5 Å². The number of hydrogen-bond donors (Lipinski definition) is 2. The van der Waals surface area contributed by atoms with E-state index in [0.29, 0.717) is 11.3 Å². The number of rotatable bonds is 0. The molecule has 0 radical (unpaired) electrons. The van der Waals surface area contributed by atoms with Crippen molar-refractivity contribution < 1.29 is 10.2 Å². The first-order chi connectivity index (χ1) is 10.3. The fraction of sp³-hybridized carbons (Fsp3) is 0.700. The summed E-state index contributed by atoms with van der Waals surface area (Å²) in [7, 11) is 0. The molecule has 3 aliphatic rings. The highest BCUT2D eigenvalue weighted by Crippen LogP contribution is 2.65. The second-order valence-corrected chi connectivity index (χ2v) is 8.99. The number of benzene rings is 1. The Morgan fingerprint density at radius 1 is 1.05 bits per heavy atom. The predicted octanol–water partition coefficient (Wildman–Crippen LogP) is 4.98. The van der Waals surface area contributed by atoms with Crippen molar-refractivity contribution in [1.82, 2.24) is 0 Å². The Labute approximate surface area is 133 Å². The Morgan fingerprint density at radius 3 is 2.59 bits per heavy atom. The molecule has 2 nitrogen and oxygen atoms in total. The maximum atomic E-state index is 10.4. The molecule has 0 aromatic heterocycles. The van der Waals surface area contributed by atoms with E-state index in [0.717, 1.165) is 23.8 Å². The summed E-state index contributed by atoms with van der Waals surface area (Å²) in [5, 5.41) is 20.3. The third kappa shape index (κ3) is 1.79. The van der Waals surface area contributed by atoms with E-state index in [9.17, 15) is 10.2 Å². The van der Waals surface area contributed by atoms with E-state index in [4.69, 9.17) is 0 Å². The molecule has 22 heavy (non-hydrogen) atoms. The highest BCUT2D eigenvalue weighted by Gasteiger charge is 2.56. The molecular formula is C20H28O2. The molecule has 4 rings (SSSR count). The van der Waals surface area contributed by atoms with Gasteiger partial charge in [-0.05, 0) is 72.3 Å². The van der Waals surface area contributed by atoms with Gasteiger partial charge in [-0.15, -0.1) is 0 Å². The fourth-order valence-corrected chi connectivity index (χ4v) is 6.22. The molecule has 2 N–H and O–H groups in total. The lowest BCUT2D eigenvalue weighted by molar-refractivity contribution is -0.0660. The van der Waals surface area contributed by atoms with Crippen LogP contribution in [0.2, 0.25) is 0 Å². The van der Waals surface area contributed by atoms with E-state index >= 15 is 0 Å². The summed E-state index contributed by atoms with van der Waals surface area (Å²) in [4.78, 5) is 0. The molecule has 0 heterocycles. The summed E-state index contributed by atoms with van der Waals surface area (Å²) >= 11 is 0. The minimum absolute atomic E-state index is 0.0456.